The molecule has 2 aromatic heterocycles. The number of methoxy groups -OCH3 is 1. The van der Waals surface area contributed by atoms with Gasteiger partial charge in [-0.2, -0.15) is 9.29 Å². The van der Waals surface area contributed by atoms with Gasteiger partial charge in [0.15, 0.2) is 11.6 Å². The van der Waals surface area contributed by atoms with Gasteiger partial charge in [-0.05, 0) is 19.9 Å². The molecule has 0 bridgehead atoms. The molecular formula is C18H20N4O5S. The summed E-state index contributed by atoms with van der Waals surface area (Å²) >= 11 is 0. The van der Waals surface area contributed by atoms with Gasteiger partial charge in [0.2, 0.25) is 15.9 Å². The average molecular weight is 404 g/mol. The minimum Gasteiger partial charge on any atom is -0.496 e. The Morgan fingerprint density at radius 3 is 2.61 bits per heavy atom. The van der Waals surface area contributed by atoms with Crippen LogP contribution in [0.4, 0.5) is 0 Å². The molecule has 148 valence electrons. The van der Waals surface area contributed by atoms with E-state index in [2.05, 4.69) is 15.3 Å². The number of rotatable bonds is 6. The lowest BCUT2D eigenvalue weighted by Gasteiger charge is -2.35. The summed E-state index contributed by atoms with van der Waals surface area (Å²) in [4.78, 5) is 4.56. The molecule has 0 atom stereocenters. The summed E-state index contributed by atoms with van der Waals surface area (Å²) in [6, 6.07) is 7.63. The van der Waals surface area contributed by atoms with Crippen molar-refractivity contribution in [3.63, 3.8) is 0 Å². The highest BCUT2D eigenvalue weighted by Gasteiger charge is 2.42. The summed E-state index contributed by atoms with van der Waals surface area (Å²) < 4.78 is 42.6. The lowest BCUT2D eigenvalue weighted by molar-refractivity contribution is 0.216. The second-order valence-corrected chi connectivity index (χ2v) is 8.58. The van der Waals surface area contributed by atoms with E-state index in [0.29, 0.717) is 23.8 Å². The number of hydrogen-bond donors (Lipinski definition) is 0. The van der Waals surface area contributed by atoms with Crippen LogP contribution < -0.4 is 4.74 Å². The minimum absolute atomic E-state index is 0.130. The first-order valence-corrected chi connectivity index (χ1v) is 10.2. The summed E-state index contributed by atoms with van der Waals surface area (Å²) in [5.41, 5.74) is 1.31. The fraction of sp³-hybridized carbons (Fsp3) is 0.389. The Bertz CT molecular complexity index is 1080. The van der Waals surface area contributed by atoms with E-state index in [1.807, 2.05) is 24.3 Å². The standard InChI is InChI=1S/C18H20N4O5S/c1-11-17(12(2)26-20-11)28(23,24)22-9-14(10-22)18-19-16(21-27-18)8-13-6-4-5-7-15(13)25-3/h4-7,14H,8-10H2,1-3H3. The molecule has 3 aromatic rings. The maximum atomic E-state index is 12.8. The van der Waals surface area contributed by atoms with Gasteiger partial charge in [-0.1, -0.05) is 28.5 Å². The van der Waals surface area contributed by atoms with Crippen LogP contribution in [0.25, 0.3) is 0 Å². The number of aryl methyl sites for hydroxylation is 2. The van der Waals surface area contributed by atoms with Crippen molar-refractivity contribution in [2.75, 3.05) is 20.2 Å². The number of benzene rings is 1. The van der Waals surface area contributed by atoms with Gasteiger partial charge < -0.3 is 13.8 Å². The average Bonchev–Trinajstić information content (AvgIpc) is 3.20. The Balaban J connectivity index is 1.44. The van der Waals surface area contributed by atoms with Crippen molar-refractivity contribution in [1.29, 1.82) is 0 Å². The first kappa shape index (κ1) is 18.6. The van der Waals surface area contributed by atoms with Crippen LogP contribution in [0.2, 0.25) is 0 Å². The lowest BCUT2D eigenvalue weighted by Crippen LogP contribution is -2.48. The molecule has 4 rings (SSSR count). The largest absolute Gasteiger partial charge is 0.496 e. The van der Waals surface area contributed by atoms with Crippen molar-refractivity contribution in [1.82, 2.24) is 19.6 Å². The second kappa shape index (κ2) is 7.02. The normalized spacial score (nSPS) is 15.5. The Morgan fingerprint density at radius 2 is 1.93 bits per heavy atom. The molecule has 1 aromatic carbocycles. The van der Waals surface area contributed by atoms with E-state index in [1.54, 1.807) is 21.0 Å². The maximum absolute atomic E-state index is 12.8. The van der Waals surface area contributed by atoms with Crippen molar-refractivity contribution in [3.05, 3.63) is 53.0 Å². The van der Waals surface area contributed by atoms with Crippen LogP contribution in [-0.2, 0) is 16.4 Å². The zero-order valence-electron chi connectivity index (χ0n) is 15.7. The molecule has 3 heterocycles. The first-order chi connectivity index (χ1) is 13.4. The Kier molecular flexibility index (Phi) is 4.68. The molecule has 1 aliphatic rings. The van der Waals surface area contributed by atoms with Crippen molar-refractivity contribution in [2.45, 2.75) is 31.1 Å². The van der Waals surface area contributed by atoms with Crippen LogP contribution in [0.1, 0.15) is 34.7 Å². The molecule has 0 spiro atoms. The summed E-state index contributed by atoms with van der Waals surface area (Å²) in [6.45, 7) is 3.76. The molecule has 9 nitrogen and oxygen atoms in total. The quantitative estimate of drug-likeness (QED) is 0.614. The van der Waals surface area contributed by atoms with Gasteiger partial charge >= 0.3 is 0 Å². The van der Waals surface area contributed by atoms with E-state index >= 15 is 0 Å². The second-order valence-electron chi connectivity index (χ2n) is 6.71. The number of sulfonamides is 1. The smallest absolute Gasteiger partial charge is 0.248 e. The van der Waals surface area contributed by atoms with Crippen LogP contribution in [-0.4, -0.2) is 48.2 Å². The summed E-state index contributed by atoms with van der Waals surface area (Å²) in [5, 5.41) is 7.75. The third-order valence-corrected chi connectivity index (χ3v) is 6.86. The SMILES string of the molecule is COc1ccccc1Cc1noc(C2CN(S(=O)(=O)c3c(C)noc3C)C2)n1. The zero-order valence-corrected chi connectivity index (χ0v) is 16.6. The molecule has 10 heteroatoms. The molecule has 1 fully saturated rings. The zero-order chi connectivity index (χ0) is 19.9. The first-order valence-electron chi connectivity index (χ1n) is 8.77. The van der Waals surface area contributed by atoms with E-state index in [1.165, 1.54) is 4.31 Å². The number of aromatic nitrogens is 3. The van der Waals surface area contributed by atoms with Gasteiger partial charge in [0.25, 0.3) is 0 Å². The fourth-order valence-electron chi connectivity index (χ4n) is 3.29. The third kappa shape index (κ3) is 3.18. The third-order valence-electron chi connectivity index (χ3n) is 4.79. The fourth-order valence-corrected chi connectivity index (χ4v) is 5.11. The lowest BCUT2D eigenvalue weighted by atomic mass is 10.0. The van der Waals surface area contributed by atoms with Crippen molar-refractivity contribution in [3.8, 4) is 5.75 Å². The van der Waals surface area contributed by atoms with Crippen LogP contribution in [0, 0.1) is 13.8 Å². The van der Waals surface area contributed by atoms with Gasteiger partial charge in [0.1, 0.15) is 16.3 Å². The van der Waals surface area contributed by atoms with E-state index < -0.39 is 10.0 Å². The van der Waals surface area contributed by atoms with Crippen molar-refractivity contribution < 1.29 is 22.2 Å². The van der Waals surface area contributed by atoms with E-state index in [9.17, 15) is 8.42 Å². The van der Waals surface area contributed by atoms with Gasteiger partial charge in [-0.25, -0.2) is 8.42 Å². The molecule has 28 heavy (non-hydrogen) atoms. The van der Waals surface area contributed by atoms with Crippen molar-refractivity contribution >= 4 is 10.0 Å². The van der Waals surface area contributed by atoms with Crippen LogP contribution >= 0.6 is 0 Å². The predicted octanol–water partition coefficient (Wildman–Crippen LogP) is 2.06. The highest BCUT2D eigenvalue weighted by molar-refractivity contribution is 7.89. The molecule has 0 radical (unpaired) electrons. The topological polar surface area (TPSA) is 112 Å². The Labute approximate surface area is 162 Å². The molecule has 0 saturated carbocycles. The van der Waals surface area contributed by atoms with Gasteiger partial charge in [-0.3, -0.25) is 0 Å². The predicted molar refractivity (Wildman–Crippen MR) is 97.6 cm³/mol. The monoisotopic (exact) mass is 404 g/mol. The highest BCUT2D eigenvalue weighted by Crippen LogP contribution is 2.33. The van der Waals surface area contributed by atoms with Gasteiger partial charge in [-0.15, -0.1) is 0 Å². The summed E-state index contributed by atoms with van der Waals surface area (Å²) in [6.07, 6.45) is 0.474. The number of nitrogens with zero attached hydrogens (tertiary/aromatic N) is 4. The minimum atomic E-state index is -3.64. The van der Waals surface area contributed by atoms with Gasteiger partial charge in [0.05, 0.1) is 13.0 Å². The van der Waals surface area contributed by atoms with Crippen LogP contribution in [0.3, 0.4) is 0 Å². The summed E-state index contributed by atoms with van der Waals surface area (Å²) in [5.74, 6) is 1.89. The number of hydrogen-bond acceptors (Lipinski definition) is 8. The van der Waals surface area contributed by atoms with Crippen LogP contribution in [0.15, 0.2) is 38.2 Å². The summed E-state index contributed by atoms with van der Waals surface area (Å²) in [7, 11) is -2.03. The molecule has 0 unspecified atom stereocenters. The molecule has 0 N–H and O–H groups in total. The number of ether oxygens (including phenoxy) is 1. The molecule has 0 amide bonds. The molecule has 1 aliphatic heterocycles. The van der Waals surface area contributed by atoms with Crippen LogP contribution in [0.5, 0.6) is 5.75 Å². The van der Waals surface area contributed by atoms with E-state index in [4.69, 9.17) is 13.8 Å². The molecule has 0 aliphatic carbocycles. The molecular weight excluding hydrogens is 384 g/mol. The van der Waals surface area contributed by atoms with Gasteiger partial charge in [0, 0.05) is 25.1 Å². The van der Waals surface area contributed by atoms with E-state index in [-0.39, 0.29) is 29.7 Å². The molecule has 1 saturated heterocycles. The van der Waals surface area contributed by atoms with Crippen molar-refractivity contribution in [2.24, 2.45) is 0 Å². The Hall–Kier alpha value is -2.72. The van der Waals surface area contributed by atoms with E-state index in [0.717, 1.165) is 11.3 Å². The number of para-hydroxylation sites is 1. The Morgan fingerprint density at radius 1 is 1.18 bits per heavy atom. The maximum Gasteiger partial charge on any atom is 0.248 e. The highest BCUT2D eigenvalue weighted by atomic mass is 32.2.